The van der Waals surface area contributed by atoms with Gasteiger partial charge in [0.15, 0.2) is 0 Å². The molecular weight excluding hydrogens is 450 g/mol. The topological polar surface area (TPSA) is 73.8 Å². The molecular formula is C30H41N3O3. The summed E-state index contributed by atoms with van der Waals surface area (Å²) in [6.07, 6.45) is 11.9. The third kappa shape index (κ3) is 5.52. The Balaban J connectivity index is 1.30. The van der Waals surface area contributed by atoms with Crippen LogP contribution in [0.25, 0.3) is 0 Å². The minimum absolute atomic E-state index is 0.00827. The molecule has 2 fully saturated rings. The lowest BCUT2D eigenvalue weighted by Crippen LogP contribution is -2.40. The van der Waals surface area contributed by atoms with Crippen LogP contribution in [0.4, 0.5) is 0 Å². The Morgan fingerprint density at radius 2 is 1.81 bits per heavy atom. The number of benzene rings is 2. The summed E-state index contributed by atoms with van der Waals surface area (Å²) >= 11 is 0. The van der Waals surface area contributed by atoms with Crippen molar-refractivity contribution in [3.63, 3.8) is 0 Å². The number of fused-ring (bicyclic) bond motifs is 1. The van der Waals surface area contributed by atoms with E-state index >= 15 is 0 Å². The number of rotatable bonds is 5. The molecule has 2 unspecified atom stereocenters. The normalized spacial score (nSPS) is 26.6. The van der Waals surface area contributed by atoms with Gasteiger partial charge in [-0.3, -0.25) is 14.5 Å². The van der Waals surface area contributed by atoms with Gasteiger partial charge in [0.1, 0.15) is 12.4 Å². The molecule has 3 N–H and O–H groups in total. The van der Waals surface area contributed by atoms with Crippen LogP contribution in [-0.2, 0) is 11.3 Å². The third-order valence-electron chi connectivity index (χ3n) is 8.31. The third-order valence-corrected chi connectivity index (χ3v) is 8.31. The number of hydrogen-bond donors (Lipinski definition) is 3. The van der Waals surface area contributed by atoms with Gasteiger partial charge in [0.2, 0.25) is 0 Å². The minimum atomic E-state index is -0.592. The molecule has 1 heterocycles. The van der Waals surface area contributed by atoms with E-state index in [4.69, 9.17) is 4.84 Å². The molecule has 1 aliphatic heterocycles. The van der Waals surface area contributed by atoms with E-state index in [0.29, 0.717) is 11.6 Å². The quantitative estimate of drug-likeness (QED) is 0.490. The second kappa shape index (κ2) is 11.4. The number of hydrogen-bond acceptors (Lipinski definition) is 5. The lowest BCUT2D eigenvalue weighted by atomic mass is 9.98. The zero-order valence-corrected chi connectivity index (χ0v) is 21.7. The van der Waals surface area contributed by atoms with Gasteiger partial charge in [0.05, 0.1) is 12.1 Å². The molecule has 1 saturated carbocycles. The molecule has 0 radical (unpaired) electrons. The van der Waals surface area contributed by atoms with Crippen LogP contribution < -0.4 is 10.8 Å². The highest BCUT2D eigenvalue weighted by Gasteiger charge is 2.38. The number of aryl methyl sites for hydroxylation is 1. The Labute approximate surface area is 215 Å². The molecule has 194 valence electrons. The van der Waals surface area contributed by atoms with E-state index in [9.17, 15) is 9.90 Å². The van der Waals surface area contributed by atoms with E-state index in [-0.39, 0.29) is 24.3 Å². The fourth-order valence-corrected chi connectivity index (χ4v) is 6.29. The molecule has 36 heavy (non-hydrogen) atoms. The van der Waals surface area contributed by atoms with E-state index in [0.717, 1.165) is 18.4 Å². The van der Waals surface area contributed by atoms with E-state index in [1.807, 2.05) is 12.1 Å². The first kappa shape index (κ1) is 25.4. The van der Waals surface area contributed by atoms with Gasteiger partial charge in [0, 0.05) is 11.6 Å². The highest BCUT2D eigenvalue weighted by atomic mass is 16.7. The molecule has 2 aromatic carbocycles. The molecule has 4 atom stereocenters. The molecule has 1 amide bonds. The Kier molecular flexibility index (Phi) is 8.06. The summed E-state index contributed by atoms with van der Waals surface area (Å²) in [4.78, 5) is 21.5. The number of aliphatic hydroxyl groups excluding tert-OH is 1. The first-order valence-corrected chi connectivity index (χ1v) is 13.9. The number of aliphatic hydroxyl groups is 1. The Hall–Kier alpha value is -2.25. The maximum atomic E-state index is 13.0. The molecule has 2 aromatic rings. The molecule has 2 aliphatic carbocycles. The van der Waals surface area contributed by atoms with Crippen molar-refractivity contribution in [1.29, 1.82) is 0 Å². The van der Waals surface area contributed by atoms with Gasteiger partial charge >= 0.3 is 0 Å². The standard InChI is InChI=1S/C30H41N3O3/c1-20(34)22-10-9-11-25(18-22)30(35)31-28-17-15-23-19-24(14-16-27(23)28)29-32-36-21(2)33(29)26-12-7-5-3-4-6-8-13-26/h9-11,14,16,18-21,26,28-29,32,34H,3-8,12-13,15,17H2,1-2H3,(H,31,35)/t20-,21?,28-,29?/m1/s1. The summed E-state index contributed by atoms with van der Waals surface area (Å²) in [6, 6.07) is 14.5. The lowest BCUT2D eigenvalue weighted by Gasteiger charge is -2.34. The number of nitrogens with one attached hydrogen (secondary N) is 2. The molecule has 1 saturated heterocycles. The van der Waals surface area contributed by atoms with Crippen LogP contribution in [0.3, 0.4) is 0 Å². The van der Waals surface area contributed by atoms with Crippen molar-refractivity contribution in [2.24, 2.45) is 0 Å². The highest BCUT2D eigenvalue weighted by molar-refractivity contribution is 5.94. The van der Waals surface area contributed by atoms with Gasteiger partial charge in [-0.1, -0.05) is 68.9 Å². The summed E-state index contributed by atoms with van der Waals surface area (Å²) < 4.78 is 0. The molecule has 3 aliphatic rings. The fourth-order valence-electron chi connectivity index (χ4n) is 6.29. The monoisotopic (exact) mass is 491 g/mol. The second-order valence-corrected chi connectivity index (χ2v) is 10.9. The number of carbonyl (C=O) groups is 1. The minimum Gasteiger partial charge on any atom is -0.389 e. The second-order valence-electron chi connectivity index (χ2n) is 10.9. The number of amides is 1. The molecule has 5 rings (SSSR count). The zero-order chi connectivity index (χ0) is 25.1. The van der Waals surface area contributed by atoms with Crippen molar-refractivity contribution in [3.8, 4) is 0 Å². The SMILES string of the molecule is CC1ONC(c2ccc3c(c2)CC[C@H]3NC(=O)c2cccc([C@@H](C)O)c2)N1C1CCCCCCCC1. The Bertz CT molecular complexity index is 1050. The number of hydroxylamine groups is 1. The van der Waals surface area contributed by atoms with Crippen molar-refractivity contribution in [2.75, 3.05) is 0 Å². The Morgan fingerprint density at radius 3 is 2.56 bits per heavy atom. The summed E-state index contributed by atoms with van der Waals surface area (Å²) in [5, 5.41) is 13.1. The van der Waals surface area contributed by atoms with E-state index in [1.165, 1.54) is 68.1 Å². The predicted molar refractivity (Wildman–Crippen MR) is 141 cm³/mol. The fraction of sp³-hybridized carbons (Fsp3) is 0.567. The zero-order valence-electron chi connectivity index (χ0n) is 21.7. The predicted octanol–water partition coefficient (Wildman–Crippen LogP) is 5.84. The largest absolute Gasteiger partial charge is 0.389 e. The van der Waals surface area contributed by atoms with Crippen molar-refractivity contribution < 1.29 is 14.7 Å². The molecule has 0 spiro atoms. The summed E-state index contributed by atoms with van der Waals surface area (Å²) in [5.41, 5.74) is 8.43. The van der Waals surface area contributed by atoms with E-state index in [1.54, 1.807) is 19.1 Å². The van der Waals surface area contributed by atoms with E-state index in [2.05, 4.69) is 40.8 Å². The summed E-state index contributed by atoms with van der Waals surface area (Å²) in [7, 11) is 0. The van der Waals surface area contributed by atoms with Crippen LogP contribution in [0.5, 0.6) is 0 Å². The molecule has 0 aromatic heterocycles. The van der Waals surface area contributed by atoms with Crippen molar-refractivity contribution >= 4 is 5.91 Å². The molecule has 0 bridgehead atoms. The number of carbonyl (C=O) groups excluding carboxylic acids is 1. The average Bonchev–Trinajstić information content (AvgIpc) is 3.49. The highest BCUT2D eigenvalue weighted by Crippen LogP contribution is 2.37. The lowest BCUT2D eigenvalue weighted by molar-refractivity contribution is -0.0119. The van der Waals surface area contributed by atoms with Crippen LogP contribution >= 0.6 is 0 Å². The van der Waals surface area contributed by atoms with Crippen molar-refractivity contribution in [1.82, 2.24) is 15.7 Å². The average molecular weight is 492 g/mol. The first-order chi connectivity index (χ1) is 17.5. The van der Waals surface area contributed by atoms with Crippen LogP contribution in [0.15, 0.2) is 42.5 Å². The maximum absolute atomic E-state index is 13.0. The van der Waals surface area contributed by atoms with Gasteiger partial charge in [-0.05, 0) is 73.9 Å². The molecule has 6 nitrogen and oxygen atoms in total. The maximum Gasteiger partial charge on any atom is 0.251 e. The van der Waals surface area contributed by atoms with Gasteiger partial charge in [-0.2, -0.15) is 5.48 Å². The number of nitrogens with zero attached hydrogens (tertiary/aromatic N) is 1. The Morgan fingerprint density at radius 1 is 1.06 bits per heavy atom. The summed E-state index contributed by atoms with van der Waals surface area (Å²) in [5.74, 6) is -0.0921. The molecule has 6 heteroatoms. The van der Waals surface area contributed by atoms with Crippen molar-refractivity contribution in [3.05, 3.63) is 70.3 Å². The smallest absolute Gasteiger partial charge is 0.251 e. The van der Waals surface area contributed by atoms with Gasteiger partial charge < -0.3 is 10.4 Å². The summed E-state index contributed by atoms with van der Waals surface area (Å²) in [6.45, 7) is 3.87. The van der Waals surface area contributed by atoms with Crippen molar-refractivity contribution in [2.45, 2.75) is 109 Å². The first-order valence-electron chi connectivity index (χ1n) is 13.9. The van der Waals surface area contributed by atoms with Gasteiger partial charge in [-0.15, -0.1) is 0 Å². The van der Waals surface area contributed by atoms with Gasteiger partial charge in [-0.25, -0.2) is 0 Å². The van der Waals surface area contributed by atoms with Gasteiger partial charge in [0.25, 0.3) is 5.91 Å². The van der Waals surface area contributed by atoms with Crippen LogP contribution in [0.1, 0.15) is 123 Å². The van der Waals surface area contributed by atoms with E-state index < -0.39 is 6.10 Å². The van der Waals surface area contributed by atoms with Crippen LogP contribution in [0.2, 0.25) is 0 Å². The van der Waals surface area contributed by atoms with Crippen LogP contribution in [-0.4, -0.2) is 28.2 Å². The van der Waals surface area contributed by atoms with Crippen LogP contribution in [0, 0.1) is 0 Å².